The van der Waals surface area contributed by atoms with Gasteiger partial charge in [-0.1, -0.05) is 49.1 Å². The molecule has 2 N–H and O–H groups in total. The van der Waals surface area contributed by atoms with Crippen LogP contribution in [0.5, 0.6) is 0 Å². The number of hydrogen-bond donors (Lipinski definition) is 2. The second-order valence-corrected chi connectivity index (χ2v) is 12.4. The third-order valence-corrected chi connectivity index (χ3v) is 9.45. The molecule has 2 aromatic carbocycles. The predicted molar refractivity (Wildman–Crippen MR) is 145 cm³/mol. The molecule has 0 bridgehead atoms. The molecular weight excluding hydrogens is 616 g/mol. The topological polar surface area (TPSA) is 69.6 Å². The molecule has 2 aliphatic rings. The zero-order valence-corrected chi connectivity index (χ0v) is 23.5. The standard InChI is InChI=1S/C27H30F3IN2O3S/c1-17-7-10-20(11-8-17)37-26(25(36)32-16-27(28,29)30)14-23(35)33(19-5-3-2-4-6-19)24(26)21-12-9-18(15-34)13-22(21)31/h7-13,19,24,34H,2-6,14-16H2,1H3,(H,32,36)/t24-,26-/m1/s1. The van der Waals surface area contributed by atoms with Crippen LogP contribution in [-0.4, -0.2) is 45.3 Å². The summed E-state index contributed by atoms with van der Waals surface area (Å²) < 4.78 is 38.8. The van der Waals surface area contributed by atoms with Crippen molar-refractivity contribution in [2.45, 2.75) is 80.0 Å². The minimum Gasteiger partial charge on any atom is -0.392 e. The number of rotatable bonds is 7. The minimum absolute atomic E-state index is 0.0875. The third kappa shape index (κ3) is 6.27. The van der Waals surface area contributed by atoms with Gasteiger partial charge in [-0.3, -0.25) is 9.59 Å². The lowest BCUT2D eigenvalue weighted by Gasteiger charge is -2.41. The van der Waals surface area contributed by atoms with Gasteiger partial charge in [-0.2, -0.15) is 13.2 Å². The van der Waals surface area contributed by atoms with Crippen molar-refractivity contribution in [2.75, 3.05) is 6.54 Å². The minimum atomic E-state index is -4.58. The van der Waals surface area contributed by atoms with Crippen molar-refractivity contribution in [1.29, 1.82) is 0 Å². The molecule has 37 heavy (non-hydrogen) atoms. The fourth-order valence-electron chi connectivity index (χ4n) is 5.34. The first-order valence-electron chi connectivity index (χ1n) is 12.3. The Kier molecular flexibility index (Phi) is 8.79. The highest BCUT2D eigenvalue weighted by Gasteiger charge is 2.60. The van der Waals surface area contributed by atoms with Gasteiger partial charge in [0.2, 0.25) is 11.8 Å². The number of aryl methyl sites for hydroxylation is 1. The predicted octanol–water partition coefficient (Wildman–Crippen LogP) is 5.91. The number of likely N-dealkylation sites (tertiary alicyclic amines) is 1. The first-order chi connectivity index (χ1) is 17.5. The Morgan fingerprint density at radius 3 is 2.43 bits per heavy atom. The molecule has 4 rings (SSSR count). The number of carbonyl (C=O) groups is 2. The summed E-state index contributed by atoms with van der Waals surface area (Å²) in [6.45, 7) is 0.298. The molecule has 10 heteroatoms. The summed E-state index contributed by atoms with van der Waals surface area (Å²) >= 11 is 3.29. The van der Waals surface area contributed by atoms with Gasteiger partial charge in [0.25, 0.3) is 0 Å². The number of amides is 2. The Bertz CT molecular complexity index is 1140. The summed E-state index contributed by atoms with van der Waals surface area (Å²) in [6.07, 6.45) is -0.203. The Balaban J connectivity index is 1.87. The van der Waals surface area contributed by atoms with E-state index in [4.69, 9.17) is 0 Å². The Hall–Kier alpha value is -1.79. The number of aliphatic hydroxyl groups excluding tert-OH is 1. The lowest BCUT2D eigenvalue weighted by molar-refractivity contribution is -0.140. The molecular formula is C27H30F3IN2O3S. The number of hydrogen-bond acceptors (Lipinski definition) is 4. The van der Waals surface area contributed by atoms with Gasteiger partial charge < -0.3 is 15.3 Å². The second-order valence-electron chi connectivity index (χ2n) is 9.79. The maximum absolute atomic E-state index is 13.8. The van der Waals surface area contributed by atoms with Crippen LogP contribution in [0.25, 0.3) is 0 Å². The van der Waals surface area contributed by atoms with Gasteiger partial charge in [0.1, 0.15) is 11.3 Å². The number of thioether (sulfide) groups is 1. The van der Waals surface area contributed by atoms with Crippen molar-refractivity contribution < 1.29 is 27.9 Å². The van der Waals surface area contributed by atoms with E-state index in [2.05, 4.69) is 27.9 Å². The molecule has 5 nitrogen and oxygen atoms in total. The van der Waals surface area contributed by atoms with E-state index < -0.39 is 29.4 Å². The highest BCUT2D eigenvalue weighted by atomic mass is 127. The van der Waals surface area contributed by atoms with Crippen LogP contribution < -0.4 is 5.32 Å². The maximum Gasteiger partial charge on any atom is 0.405 e. The summed E-state index contributed by atoms with van der Waals surface area (Å²) in [4.78, 5) is 30.0. The van der Waals surface area contributed by atoms with E-state index in [-0.39, 0.29) is 25.0 Å². The van der Waals surface area contributed by atoms with E-state index in [9.17, 15) is 27.9 Å². The average molecular weight is 647 g/mol. The molecule has 1 saturated carbocycles. The van der Waals surface area contributed by atoms with Crippen molar-refractivity contribution in [1.82, 2.24) is 10.2 Å². The highest BCUT2D eigenvalue weighted by molar-refractivity contribution is 14.1. The van der Waals surface area contributed by atoms with E-state index >= 15 is 0 Å². The van der Waals surface area contributed by atoms with E-state index in [0.717, 1.165) is 53.0 Å². The normalized spacial score (nSPS) is 22.9. The molecule has 0 spiro atoms. The molecule has 0 aromatic heterocycles. The van der Waals surface area contributed by atoms with Gasteiger partial charge in [-0.25, -0.2) is 0 Å². The maximum atomic E-state index is 13.8. The van der Waals surface area contributed by atoms with Gasteiger partial charge in [-0.05, 0) is 71.7 Å². The van der Waals surface area contributed by atoms with Crippen LogP contribution in [-0.2, 0) is 16.2 Å². The van der Waals surface area contributed by atoms with E-state index in [0.29, 0.717) is 16.0 Å². The van der Waals surface area contributed by atoms with Crippen molar-refractivity contribution in [2.24, 2.45) is 0 Å². The van der Waals surface area contributed by atoms with Crippen LogP contribution in [0.1, 0.15) is 61.3 Å². The number of alkyl halides is 3. The largest absolute Gasteiger partial charge is 0.405 e. The number of nitrogens with zero attached hydrogens (tertiary/aromatic N) is 1. The summed E-state index contributed by atoms with van der Waals surface area (Å²) in [5.41, 5.74) is 2.40. The Labute approximate surface area is 232 Å². The molecule has 2 fully saturated rings. The SMILES string of the molecule is Cc1ccc(S[C@]2(C(=O)NCC(F)(F)F)CC(=O)N(C3CCCCC3)[C@@H]2c2ccc(CO)cc2I)cc1. The fourth-order valence-corrected chi connectivity index (χ4v) is 7.62. The number of nitrogens with one attached hydrogen (secondary N) is 1. The first-order valence-corrected chi connectivity index (χ1v) is 14.2. The molecule has 0 unspecified atom stereocenters. The molecule has 1 aliphatic heterocycles. The van der Waals surface area contributed by atoms with Crippen molar-refractivity contribution >= 4 is 46.2 Å². The van der Waals surface area contributed by atoms with E-state index in [1.54, 1.807) is 23.1 Å². The van der Waals surface area contributed by atoms with Gasteiger partial charge in [-0.15, -0.1) is 11.8 Å². The van der Waals surface area contributed by atoms with Crippen LogP contribution in [0.3, 0.4) is 0 Å². The van der Waals surface area contributed by atoms with Crippen LogP contribution in [0.2, 0.25) is 0 Å². The monoisotopic (exact) mass is 646 g/mol. The molecule has 0 radical (unpaired) electrons. The van der Waals surface area contributed by atoms with Gasteiger partial charge in [0, 0.05) is 14.5 Å². The lowest BCUT2D eigenvalue weighted by atomic mass is 9.88. The lowest BCUT2D eigenvalue weighted by Crippen LogP contribution is -2.51. The number of carbonyl (C=O) groups excluding carboxylic acids is 2. The molecule has 1 saturated heterocycles. The third-order valence-electron chi connectivity index (χ3n) is 7.09. The summed E-state index contributed by atoms with van der Waals surface area (Å²) in [6, 6.07) is 11.9. The molecule has 1 heterocycles. The van der Waals surface area contributed by atoms with Crippen molar-refractivity contribution in [3.63, 3.8) is 0 Å². The van der Waals surface area contributed by atoms with Crippen LogP contribution >= 0.6 is 34.4 Å². The zero-order chi connectivity index (χ0) is 26.8. The average Bonchev–Trinajstić information content (AvgIpc) is 3.16. The van der Waals surface area contributed by atoms with Crippen LogP contribution in [0, 0.1) is 10.5 Å². The van der Waals surface area contributed by atoms with Gasteiger partial charge in [0.05, 0.1) is 19.1 Å². The molecule has 200 valence electrons. The second kappa shape index (κ2) is 11.5. The molecule has 2 aromatic rings. The highest BCUT2D eigenvalue weighted by Crippen LogP contribution is 2.55. The molecule has 1 aliphatic carbocycles. The zero-order valence-electron chi connectivity index (χ0n) is 20.5. The van der Waals surface area contributed by atoms with Gasteiger partial charge in [0.15, 0.2) is 0 Å². The summed E-state index contributed by atoms with van der Waals surface area (Å²) in [5, 5.41) is 11.7. The fraction of sp³-hybridized carbons (Fsp3) is 0.481. The van der Waals surface area contributed by atoms with Gasteiger partial charge >= 0.3 is 6.18 Å². The smallest absolute Gasteiger partial charge is 0.392 e. The van der Waals surface area contributed by atoms with Crippen molar-refractivity contribution in [3.05, 3.63) is 62.7 Å². The summed E-state index contributed by atoms with van der Waals surface area (Å²) in [5.74, 6) is -1.02. The molecule has 2 atom stereocenters. The molecule has 2 amide bonds. The van der Waals surface area contributed by atoms with Crippen LogP contribution in [0.15, 0.2) is 47.4 Å². The van der Waals surface area contributed by atoms with Crippen molar-refractivity contribution in [3.8, 4) is 0 Å². The Morgan fingerprint density at radius 2 is 1.84 bits per heavy atom. The Morgan fingerprint density at radius 1 is 1.16 bits per heavy atom. The number of halogens is 4. The van der Waals surface area contributed by atoms with Crippen LogP contribution in [0.4, 0.5) is 13.2 Å². The first kappa shape index (κ1) is 28.2. The number of benzene rings is 2. The van der Waals surface area contributed by atoms with E-state index in [1.165, 1.54) is 0 Å². The van der Waals surface area contributed by atoms with E-state index in [1.807, 2.05) is 31.2 Å². The number of aliphatic hydroxyl groups is 1. The quantitative estimate of drug-likeness (QED) is 0.368. The summed E-state index contributed by atoms with van der Waals surface area (Å²) in [7, 11) is 0.